The molecular formula is C17H20N2O4S. The Hall–Kier alpha value is -2.12. The first kappa shape index (κ1) is 16.7. The van der Waals surface area contributed by atoms with Gasteiger partial charge in [0.15, 0.2) is 5.76 Å². The van der Waals surface area contributed by atoms with Crippen LogP contribution in [0.1, 0.15) is 33.9 Å². The number of rotatable bonds is 3. The molecule has 24 heavy (non-hydrogen) atoms. The minimum Gasteiger partial charge on any atom is -0.455 e. The summed E-state index contributed by atoms with van der Waals surface area (Å²) < 4.78 is 28.3. The van der Waals surface area contributed by atoms with Gasteiger partial charge in [-0.1, -0.05) is 24.3 Å². The van der Waals surface area contributed by atoms with E-state index in [1.54, 1.807) is 11.9 Å². The first-order valence-corrected chi connectivity index (χ1v) is 9.29. The van der Waals surface area contributed by atoms with Gasteiger partial charge in [-0.15, -0.1) is 0 Å². The summed E-state index contributed by atoms with van der Waals surface area (Å²) in [6.45, 7) is 1.48. The maximum atomic E-state index is 12.6. The summed E-state index contributed by atoms with van der Waals surface area (Å²) in [5.74, 6) is -0.210. The summed E-state index contributed by atoms with van der Waals surface area (Å²) in [7, 11) is -2.18. The maximum Gasteiger partial charge on any atom is 0.289 e. The number of likely N-dealkylation sites (N-methyl/N-ethyl adjacent to an activating group) is 1. The third-order valence-corrected chi connectivity index (χ3v) is 5.60. The number of carbonyl (C=O) groups is 1. The predicted molar refractivity (Wildman–Crippen MR) is 89.2 cm³/mol. The Kier molecular flexibility index (Phi) is 4.23. The number of fused-ring (bicyclic) bond motifs is 1. The predicted octanol–water partition coefficient (Wildman–Crippen LogP) is 1.86. The Morgan fingerprint density at radius 1 is 1.29 bits per heavy atom. The van der Waals surface area contributed by atoms with Crippen LogP contribution in [0, 0.1) is 6.92 Å². The lowest BCUT2D eigenvalue weighted by molar-refractivity contribution is 0.0685. The minimum atomic E-state index is -3.90. The summed E-state index contributed by atoms with van der Waals surface area (Å²) in [6.07, 6.45) is 2.55. The highest BCUT2D eigenvalue weighted by molar-refractivity contribution is 7.89. The van der Waals surface area contributed by atoms with Crippen molar-refractivity contribution in [1.82, 2.24) is 4.90 Å². The first-order chi connectivity index (χ1) is 11.3. The van der Waals surface area contributed by atoms with Crippen LogP contribution in [0.3, 0.4) is 0 Å². The quantitative estimate of drug-likeness (QED) is 0.916. The minimum absolute atomic E-state index is 0.00196. The van der Waals surface area contributed by atoms with Crippen molar-refractivity contribution >= 4 is 15.9 Å². The van der Waals surface area contributed by atoms with E-state index in [-0.39, 0.29) is 28.4 Å². The lowest BCUT2D eigenvalue weighted by Gasteiger charge is -2.32. The molecule has 2 aromatic rings. The van der Waals surface area contributed by atoms with Crippen LogP contribution in [-0.2, 0) is 22.9 Å². The number of hydrogen-bond donors (Lipinski definition) is 1. The maximum absolute atomic E-state index is 12.6. The van der Waals surface area contributed by atoms with E-state index in [0.717, 1.165) is 19.3 Å². The van der Waals surface area contributed by atoms with Crippen molar-refractivity contribution in [2.75, 3.05) is 7.05 Å². The van der Waals surface area contributed by atoms with E-state index in [4.69, 9.17) is 9.56 Å². The first-order valence-electron chi connectivity index (χ1n) is 7.74. The second-order valence-electron chi connectivity index (χ2n) is 6.16. The average Bonchev–Trinajstić information content (AvgIpc) is 2.95. The van der Waals surface area contributed by atoms with Crippen LogP contribution in [-0.4, -0.2) is 32.3 Å². The van der Waals surface area contributed by atoms with E-state index >= 15 is 0 Å². The molecule has 1 atom stereocenters. The van der Waals surface area contributed by atoms with Crippen LogP contribution in [0.2, 0.25) is 0 Å². The molecule has 1 aromatic carbocycles. The molecule has 0 unspecified atom stereocenters. The van der Waals surface area contributed by atoms with E-state index in [2.05, 4.69) is 12.1 Å². The second-order valence-corrected chi connectivity index (χ2v) is 7.69. The van der Waals surface area contributed by atoms with Gasteiger partial charge >= 0.3 is 0 Å². The molecule has 1 aliphatic rings. The lowest BCUT2D eigenvalue weighted by Crippen LogP contribution is -2.40. The third-order valence-electron chi connectivity index (χ3n) is 4.58. The van der Waals surface area contributed by atoms with Gasteiger partial charge in [0.05, 0.1) is 0 Å². The van der Waals surface area contributed by atoms with Gasteiger partial charge in [-0.25, -0.2) is 13.6 Å². The molecule has 6 nitrogen and oxygen atoms in total. The third kappa shape index (κ3) is 3.09. The number of carbonyl (C=O) groups excluding carboxylic acids is 1. The van der Waals surface area contributed by atoms with Crippen LogP contribution < -0.4 is 5.14 Å². The Bertz CT molecular complexity index is 886. The van der Waals surface area contributed by atoms with Crippen LogP contribution in [0.5, 0.6) is 0 Å². The monoisotopic (exact) mass is 348 g/mol. The molecule has 0 spiro atoms. The number of nitrogens with two attached hydrogens (primary N) is 1. The zero-order chi connectivity index (χ0) is 17.5. The molecule has 128 valence electrons. The number of hydrogen-bond acceptors (Lipinski definition) is 4. The van der Waals surface area contributed by atoms with Crippen LogP contribution in [0.4, 0.5) is 0 Å². The van der Waals surface area contributed by atoms with Gasteiger partial charge < -0.3 is 9.32 Å². The molecule has 2 N–H and O–H groups in total. The van der Waals surface area contributed by atoms with Crippen molar-refractivity contribution in [1.29, 1.82) is 0 Å². The number of benzene rings is 1. The van der Waals surface area contributed by atoms with E-state index < -0.39 is 10.0 Å². The van der Waals surface area contributed by atoms with Crippen molar-refractivity contribution in [3.63, 3.8) is 0 Å². The summed E-state index contributed by atoms with van der Waals surface area (Å²) in [4.78, 5) is 14.1. The standard InChI is InChI=1S/C17H20N2O4S/c1-11-16(24(18,21)22)10-15(23-11)17(20)19(2)14-8-7-12-5-3-4-6-13(12)9-14/h3-6,10,14H,7-9H2,1-2H3,(H2,18,21,22)/t14-/m0/s1. The number of nitrogens with zero attached hydrogens (tertiary/aromatic N) is 1. The van der Waals surface area contributed by atoms with Gasteiger partial charge in [-0.05, 0) is 37.3 Å². The fourth-order valence-corrected chi connectivity index (χ4v) is 3.92. The number of primary sulfonamides is 1. The van der Waals surface area contributed by atoms with Crippen LogP contribution >= 0.6 is 0 Å². The Labute approximate surface area is 141 Å². The molecule has 3 rings (SSSR count). The average molecular weight is 348 g/mol. The molecule has 1 aliphatic carbocycles. The molecule has 0 saturated carbocycles. The van der Waals surface area contributed by atoms with E-state index in [1.807, 2.05) is 12.1 Å². The van der Waals surface area contributed by atoms with Gasteiger partial charge in [0.25, 0.3) is 5.91 Å². The van der Waals surface area contributed by atoms with Gasteiger partial charge in [-0.3, -0.25) is 4.79 Å². The Morgan fingerprint density at radius 2 is 1.96 bits per heavy atom. The number of sulfonamides is 1. The summed E-state index contributed by atoms with van der Waals surface area (Å²) in [5, 5.41) is 5.13. The van der Waals surface area contributed by atoms with Crippen LogP contribution in [0.25, 0.3) is 0 Å². The summed E-state index contributed by atoms with van der Waals surface area (Å²) in [6, 6.07) is 9.47. The van der Waals surface area contributed by atoms with Crippen molar-refractivity contribution in [3.8, 4) is 0 Å². The van der Waals surface area contributed by atoms with Crippen molar-refractivity contribution < 1.29 is 17.6 Å². The summed E-state index contributed by atoms with van der Waals surface area (Å²) in [5.41, 5.74) is 2.56. The SMILES string of the molecule is Cc1oc(C(=O)N(C)[C@H]2CCc3ccccc3C2)cc1S(N)(=O)=O. The van der Waals surface area contributed by atoms with Crippen LogP contribution in [0.15, 0.2) is 39.6 Å². The molecule has 0 fully saturated rings. The highest BCUT2D eigenvalue weighted by Gasteiger charge is 2.29. The zero-order valence-electron chi connectivity index (χ0n) is 13.7. The van der Waals surface area contributed by atoms with Crippen molar-refractivity contribution in [3.05, 3.63) is 53.0 Å². The Morgan fingerprint density at radius 3 is 2.58 bits per heavy atom. The topological polar surface area (TPSA) is 93.6 Å². The van der Waals surface area contributed by atoms with E-state index in [0.29, 0.717) is 0 Å². The van der Waals surface area contributed by atoms with E-state index in [9.17, 15) is 13.2 Å². The molecule has 0 aliphatic heterocycles. The Balaban J connectivity index is 1.81. The van der Waals surface area contributed by atoms with E-state index in [1.165, 1.54) is 24.1 Å². The van der Waals surface area contributed by atoms with Gasteiger partial charge in [0, 0.05) is 19.2 Å². The van der Waals surface area contributed by atoms with Crippen molar-refractivity contribution in [2.45, 2.75) is 37.1 Å². The normalized spacial score (nSPS) is 17.4. The lowest BCUT2D eigenvalue weighted by atomic mass is 9.87. The second kappa shape index (κ2) is 6.07. The molecule has 1 amide bonds. The molecule has 0 saturated heterocycles. The number of amides is 1. The molecule has 0 radical (unpaired) electrons. The fraction of sp³-hybridized carbons (Fsp3) is 0.353. The fourth-order valence-electron chi connectivity index (χ4n) is 3.20. The molecule has 7 heteroatoms. The summed E-state index contributed by atoms with van der Waals surface area (Å²) >= 11 is 0. The zero-order valence-corrected chi connectivity index (χ0v) is 14.5. The largest absolute Gasteiger partial charge is 0.455 e. The van der Waals surface area contributed by atoms with Gasteiger partial charge in [0.2, 0.25) is 10.0 Å². The van der Waals surface area contributed by atoms with Gasteiger partial charge in [0.1, 0.15) is 10.7 Å². The highest BCUT2D eigenvalue weighted by Crippen LogP contribution is 2.26. The molecule has 1 aromatic heterocycles. The molecular weight excluding hydrogens is 328 g/mol. The molecule has 0 bridgehead atoms. The number of aryl methyl sites for hydroxylation is 2. The van der Waals surface area contributed by atoms with Gasteiger partial charge in [-0.2, -0.15) is 0 Å². The number of furan rings is 1. The molecule has 1 heterocycles. The van der Waals surface area contributed by atoms with Crippen molar-refractivity contribution in [2.24, 2.45) is 5.14 Å². The highest BCUT2D eigenvalue weighted by atomic mass is 32.2. The smallest absolute Gasteiger partial charge is 0.289 e.